The van der Waals surface area contributed by atoms with Crippen LogP contribution in [0.5, 0.6) is 0 Å². The van der Waals surface area contributed by atoms with Gasteiger partial charge in [-0.3, -0.25) is 24.3 Å². The van der Waals surface area contributed by atoms with Crippen LogP contribution >= 0.6 is 0 Å². The number of carbonyl (C=O) groups excluding carboxylic acids is 1. The first-order valence-corrected chi connectivity index (χ1v) is 10.9. The van der Waals surface area contributed by atoms with Crippen molar-refractivity contribution in [2.45, 2.75) is 39.8 Å². The first-order valence-electron chi connectivity index (χ1n) is 10.9. The molecule has 9 nitrogen and oxygen atoms in total. The van der Waals surface area contributed by atoms with Gasteiger partial charge in [0, 0.05) is 37.9 Å². The van der Waals surface area contributed by atoms with Gasteiger partial charge in [0.1, 0.15) is 16.8 Å². The maximum Gasteiger partial charge on any atom is 0.267 e. The minimum atomic E-state index is -0.467. The Balaban J connectivity index is 1.91. The first kappa shape index (κ1) is 22.2. The molecule has 4 rings (SSSR count). The summed E-state index contributed by atoms with van der Waals surface area (Å²) in [5, 5.41) is 12.1. The quantitative estimate of drug-likeness (QED) is 0.598. The van der Waals surface area contributed by atoms with Gasteiger partial charge in [-0.05, 0) is 45.4 Å². The van der Waals surface area contributed by atoms with Crippen molar-refractivity contribution in [2.24, 2.45) is 0 Å². The van der Waals surface area contributed by atoms with Gasteiger partial charge in [0.05, 0.1) is 24.2 Å². The molecule has 0 aliphatic carbocycles. The number of rotatable bonds is 4. The summed E-state index contributed by atoms with van der Waals surface area (Å²) in [7, 11) is 0. The number of hydrogen-bond acceptors (Lipinski definition) is 6. The summed E-state index contributed by atoms with van der Waals surface area (Å²) in [6, 6.07) is 5.21. The van der Waals surface area contributed by atoms with Crippen LogP contribution in [0, 0.1) is 12.3 Å². The monoisotopic (exact) mass is 438 g/mol. The largest absolute Gasteiger partial charge is 0.379 e. The second kappa shape index (κ2) is 8.48. The fourth-order valence-electron chi connectivity index (χ4n) is 3.96. The van der Waals surface area contributed by atoms with E-state index in [9.17, 15) is 9.59 Å². The number of amides is 1. The van der Waals surface area contributed by atoms with Gasteiger partial charge in [0.15, 0.2) is 0 Å². The van der Waals surface area contributed by atoms with Crippen LogP contribution in [0.15, 0.2) is 29.2 Å². The number of aromatic nitrogens is 3. The molecule has 2 N–H and O–H groups in total. The Bertz CT molecular complexity index is 1300. The highest BCUT2D eigenvalue weighted by Crippen LogP contribution is 2.14. The molecule has 0 unspecified atom stereocenters. The Morgan fingerprint density at radius 1 is 1.22 bits per heavy atom. The van der Waals surface area contributed by atoms with Crippen LogP contribution in [0.4, 0.5) is 0 Å². The summed E-state index contributed by atoms with van der Waals surface area (Å²) in [4.78, 5) is 33.4. The normalized spacial score (nSPS) is 15.4. The number of nitrogens with one attached hydrogen (secondary N) is 2. The van der Waals surface area contributed by atoms with Gasteiger partial charge in [-0.25, -0.2) is 4.98 Å². The lowest BCUT2D eigenvalue weighted by Gasteiger charge is -2.27. The molecule has 1 amide bonds. The number of nitrogens with zero attached hydrogens (tertiary/aromatic N) is 4. The number of aryl methyl sites for hydroxylation is 1. The van der Waals surface area contributed by atoms with Crippen molar-refractivity contribution < 1.29 is 9.53 Å². The number of carbonyl (C=O) groups is 1. The van der Waals surface area contributed by atoms with E-state index in [2.05, 4.69) is 10.2 Å². The van der Waals surface area contributed by atoms with Crippen molar-refractivity contribution in [1.29, 1.82) is 5.41 Å². The summed E-state index contributed by atoms with van der Waals surface area (Å²) in [5.41, 5.74) is 1.35. The molecule has 0 spiro atoms. The van der Waals surface area contributed by atoms with E-state index in [0.717, 1.165) is 18.7 Å². The van der Waals surface area contributed by atoms with Crippen molar-refractivity contribution in [3.05, 3.63) is 51.4 Å². The highest BCUT2D eigenvalue weighted by molar-refractivity contribution is 5.97. The summed E-state index contributed by atoms with van der Waals surface area (Å²) in [5.74, 6) is -0.377. The third-order valence-electron chi connectivity index (χ3n) is 5.61. The van der Waals surface area contributed by atoms with E-state index >= 15 is 0 Å². The van der Waals surface area contributed by atoms with Gasteiger partial charge in [-0.1, -0.05) is 6.07 Å². The number of hydrogen-bond donors (Lipinski definition) is 2. The average Bonchev–Trinajstić information content (AvgIpc) is 2.73. The lowest BCUT2D eigenvalue weighted by Crippen LogP contribution is -2.44. The molecule has 0 radical (unpaired) electrons. The van der Waals surface area contributed by atoms with E-state index in [0.29, 0.717) is 43.0 Å². The van der Waals surface area contributed by atoms with Crippen LogP contribution in [0.3, 0.4) is 0 Å². The maximum absolute atomic E-state index is 13.4. The van der Waals surface area contributed by atoms with E-state index in [-0.39, 0.29) is 22.5 Å². The van der Waals surface area contributed by atoms with E-state index in [4.69, 9.17) is 15.1 Å². The topological polar surface area (TPSA) is 105 Å². The molecule has 1 aliphatic heterocycles. The Morgan fingerprint density at radius 3 is 2.62 bits per heavy atom. The van der Waals surface area contributed by atoms with Crippen LogP contribution in [0.1, 0.15) is 36.7 Å². The molecule has 1 fully saturated rings. The highest BCUT2D eigenvalue weighted by Gasteiger charge is 2.21. The van der Waals surface area contributed by atoms with Crippen LogP contribution in [0.25, 0.3) is 16.7 Å². The van der Waals surface area contributed by atoms with Crippen molar-refractivity contribution in [3.8, 4) is 0 Å². The highest BCUT2D eigenvalue weighted by atomic mass is 16.5. The summed E-state index contributed by atoms with van der Waals surface area (Å²) in [6.07, 6.45) is 1.68. The third-order valence-corrected chi connectivity index (χ3v) is 5.61. The fourth-order valence-corrected chi connectivity index (χ4v) is 3.96. The van der Waals surface area contributed by atoms with E-state index in [1.54, 1.807) is 16.8 Å². The minimum Gasteiger partial charge on any atom is -0.379 e. The van der Waals surface area contributed by atoms with Gasteiger partial charge in [0.2, 0.25) is 0 Å². The van der Waals surface area contributed by atoms with Crippen molar-refractivity contribution in [3.63, 3.8) is 0 Å². The zero-order valence-electron chi connectivity index (χ0n) is 19.1. The minimum absolute atomic E-state index is 0.0531. The number of pyridine rings is 2. The summed E-state index contributed by atoms with van der Waals surface area (Å²) in [6.45, 7) is 11.7. The van der Waals surface area contributed by atoms with Gasteiger partial charge in [0.25, 0.3) is 11.5 Å². The fraction of sp³-hybridized carbons (Fsp3) is 0.478. The molecular formula is C23H30N6O3. The van der Waals surface area contributed by atoms with E-state index < -0.39 is 5.54 Å². The van der Waals surface area contributed by atoms with Crippen molar-refractivity contribution in [1.82, 2.24) is 24.2 Å². The van der Waals surface area contributed by atoms with Crippen LogP contribution in [0.2, 0.25) is 0 Å². The SMILES string of the molecule is Cc1cccn2c(=O)c3cc(C(=O)NC(C)(C)C)c(=N)n(CCN4CCOCC4)c3nc12. The molecule has 9 heteroatoms. The smallest absolute Gasteiger partial charge is 0.267 e. The Hall–Kier alpha value is -3.04. The lowest BCUT2D eigenvalue weighted by atomic mass is 10.1. The molecule has 0 aromatic carbocycles. The second-order valence-electron chi connectivity index (χ2n) is 9.26. The van der Waals surface area contributed by atoms with Crippen molar-refractivity contribution >= 4 is 22.6 Å². The van der Waals surface area contributed by atoms with Gasteiger partial charge >= 0.3 is 0 Å². The molecule has 1 aliphatic rings. The number of morpholine rings is 1. The average molecular weight is 439 g/mol. The molecule has 1 saturated heterocycles. The van der Waals surface area contributed by atoms with Crippen LogP contribution in [-0.2, 0) is 11.3 Å². The lowest BCUT2D eigenvalue weighted by molar-refractivity contribution is 0.0363. The molecule has 3 aromatic heterocycles. The molecule has 4 heterocycles. The molecule has 32 heavy (non-hydrogen) atoms. The van der Waals surface area contributed by atoms with Gasteiger partial charge in [-0.2, -0.15) is 0 Å². The first-order chi connectivity index (χ1) is 15.2. The predicted octanol–water partition coefficient (Wildman–Crippen LogP) is 1.30. The zero-order chi connectivity index (χ0) is 23.0. The summed E-state index contributed by atoms with van der Waals surface area (Å²) < 4.78 is 8.61. The van der Waals surface area contributed by atoms with E-state index in [1.807, 2.05) is 33.8 Å². The molecular weight excluding hydrogens is 408 g/mol. The van der Waals surface area contributed by atoms with Gasteiger partial charge < -0.3 is 14.6 Å². The predicted molar refractivity (Wildman–Crippen MR) is 122 cm³/mol. The van der Waals surface area contributed by atoms with E-state index in [1.165, 1.54) is 10.5 Å². The Labute approximate surface area is 186 Å². The maximum atomic E-state index is 13.4. The van der Waals surface area contributed by atoms with Gasteiger partial charge in [-0.15, -0.1) is 0 Å². The molecule has 170 valence electrons. The van der Waals surface area contributed by atoms with Crippen LogP contribution in [-0.4, -0.2) is 63.1 Å². The number of ether oxygens (including phenoxy) is 1. The van der Waals surface area contributed by atoms with Crippen molar-refractivity contribution in [2.75, 3.05) is 32.8 Å². The standard InChI is InChI=1S/C23H30N6O3/c1-15-6-5-7-29-19(15)25-20-17(22(29)31)14-16(21(30)26-23(2,3)4)18(24)28(20)9-8-27-10-12-32-13-11-27/h5-7,14,24H,8-13H2,1-4H3,(H,26,30). The molecule has 0 atom stereocenters. The zero-order valence-corrected chi connectivity index (χ0v) is 19.1. The molecule has 0 bridgehead atoms. The number of fused-ring (bicyclic) bond motifs is 2. The Kier molecular flexibility index (Phi) is 5.87. The molecule has 3 aromatic rings. The summed E-state index contributed by atoms with van der Waals surface area (Å²) >= 11 is 0. The Morgan fingerprint density at radius 2 is 1.94 bits per heavy atom. The molecule has 0 saturated carbocycles. The second-order valence-corrected chi connectivity index (χ2v) is 9.26. The third kappa shape index (κ3) is 4.31. The van der Waals surface area contributed by atoms with Crippen LogP contribution < -0.4 is 16.4 Å².